The highest BCUT2D eigenvalue weighted by atomic mass is 16.4. The highest BCUT2D eigenvalue weighted by molar-refractivity contribution is 5.68. The van der Waals surface area contributed by atoms with Crippen molar-refractivity contribution in [2.45, 2.75) is 63.9 Å². The summed E-state index contributed by atoms with van der Waals surface area (Å²) in [7, 11) is 0. The molecule has 1 atom stereocenters. The second-order valence-corrected chi connectivity index (χ2v) is 6.61. The molecule has 0 heterocycles. The molecule has 0 bridgehead atoms. The molecule has 0 spiro atoms. The third kappa shape index (κ3) is 3.65. The van der Waals surface area contributed by atoms with Crippen LogP contribution in [-0.2, 0) is 10.4 Å². The minimum atomic E-state index is -1.29. The van der Waals surface area contributed by atoms with E-state index < -0.39 is 11.6 Å². The van der Waals surface area contributed by atoms with Crippen LogP contribution in [0.15, 0.2) is 24.3 Å². The van der Waals surface area contributed by atoms with E-state index in [4.69, 9.17) is 5.11 Å². The van der Waals surface area contributed by atoms with Crippen LogP contribution >= 0.6 is 0 Å². The van der Waals surface area contributed by atoms with Crippen molar-refractivity contribution in [2.24, 2.45) is 5.92 Å². The van der Waals surface area contributed by atoms with Crippen LogP contribution in [-0.4, -0.2) is 16.2 Å². The Labute approximate surface area is 127 Å². The number of carboxylic acids is 1. The Bertz CT molecular complexity index is 472. The van der Waals surface area contributed by atoms with E-state index in [-0.39, 0.29) is 12.3 Å². The molecule has 21 heavy (non-hydrogen) atoms. The van der Waals surface area contributed by atoms with Gasteiger partial charge in [0.1, 0.15) is 5.60 Å². The molecule has 0 aliphatic heterocycles. The van der Waals surface area contributed by atoms with E-state index in [9.17, 15) is 9.90 Å². The second kappa shape index (κ2) is 6.61. The summed E-state index contributed by atoms with van der Waals surface area (Å²) in [5, 5.41) is 19.8. The first-order valence-electron chi connectivity index (χ1n) is 7.98. The third-order valence-corrected chi connectivity index (χ3v) is 4.86. The molecule has 2 N–H and O–H groups in total. The topological polar surface area (TPSA) is 57.5 Å². The molecule has 1 aliphatic carbocycles. The van der Waals surface area contributed by atoms with Crippen molar-refractivity contribution < 1.29 is 15.0 Å². The normalized spacial score (nSPS) is 19.4. The summed E-state index contributed by atoms with van der Waals surface area (Å²) in [5.74, 6) is -0.490. The zero-order chi connectivity index (χ0) is 15.5. The molecule has 0 aromatic heterocycles. The SMILES string of the molecule is CC(C)C(O)(CC(=O)O)c1ccc(C2CCCCC2)cc1. The summed E-state index contributed by atoms with van der Waals surface area (Å²) in [6.07, 6.45) is 6.14. The number of benzene rings is 1. The van der Waals surface area contributed by atoms with Crippen molar-refractivity contribution in [1.82, 2.24) is 0 Å². The Kier molecular flexibility index (Phi) is 5.04. The number of hydrogen-bond donors (Lipinski definition) is 2. The number of aliphatic carboxylic acids is 1. The van der Waals surface area contributed by atoms with Gasteiger partial charge in [0, 0.05) is 0 Å². The predicted molar refractivity (Wildman–Crippen MR) is 83.3 cm³/mol. The highest BCUT2D eigenvalue weighted by Gasteiger charge is 2.35. The van der Waals surface area contributed by atoms with Gasteiger partial charge >= 0.3 is 5.97 Å². The maximum Gasteiger partial charge on any atom is 0.306 e. The van der Waals surface area contributed by atoms with Crippen molar-refractivity contribution in [3.8, 4) is 0 Å². The standard InChI is InChI=1S/C18H26O3/c1-13(2)18(21,12-17(19)20)16-10-8-15(9-11-16)14-6-4-3-5-7-14/h8-11,13-14,21H,3-7,12H2,1-2H3,(H,19,20). The van der Waals surface area contributed by atoms with Crippen LogP contribution in [0.2, 0.25) is 0 Å². The average Bonchev–Trinajstić information content (AvgIpc) is 2.47. The molecule has 2 rings (SSSR count). The van der Waals surface area contributed by atoms with Crippen LogP contribution in [0, 0.1) is 5.92 Å². The van der Waals surface area contributed by atoms with Gasteiger partial charge in [-0.1, -0.05) is 57.4 Å². The first-order chi connectivity index (χ1) is 9.93. The molecule has 0 amide bonds. The van der Waals surface area contributed by atoms with Crippen LogP contribution in [0.3, 0.4) is 0 Å². The quantitative estimate of drug-likeness (QED) is 0.860. The minimum absolute atomic E-state index is 0.144. The van der Waals surface area contributed by atoms with E-state index in [1.807, 2.05) is 26.0 Å². The van der Waals surface area contributed by atoms with Gasteiger partial charge in [-0.05, 0) is 35.8 Å². The van der Waals surface area contributed by atoms with Gasteiger partial charge in [-0.15, -0.1) is 0 Å². The Morgan fingerprint density at radius 3 is 2.24 bits per heavy atom. The van der Waals surface area contributed by atoms with E-state index in [2.05, 4.69) is 12.1 Å². The molecule has 1 aliphatic rings. The summed E-state index contributed by atoms with van der Waals surface area (Å²) in [5.41, 5.74) is 0.732. The maximum atomic E-state index is 11.0. The monoisotopic (exact) mass is 290 g/mol. The Hall–Kier alpha value is -1.35. The van der Waals surface area contributed by atoms with E-state index in [1.165, 1.54) is 37.7 Å². The van der Waals surface area contributed by atoms with E-state index in [0.29, 0.717) is 11.5 Å². The lowest BCUT2D eigenvalue weighted by Gasteiger charge is -2.32. The molecule has 0 saturated heterocycles. The van der Waals surface area contributed by atoms with Gasteiger partial charge in [0.15, 0.2) is 0 Å². The van der Waals surface area contributed by atoms with E-state index >= 15 is 0 Å². The van der Waals surface area contributed by atoms with Gasteiger partial charge in [0.25, 0.3) is 0 Å². The summed E-state index contributed by atoms with van der Waals surface area (Å²) in [6.45, 7) is 3.72. The maximum absolute atomic E-state index is 11.0. The van der Waals surface area contributed by atoms with Gasteiger partial charge < -0.3 is 10.2 Å². The minimum Gasteiger partial charge on any atom is -0.481 e. The van der Waals surface area contributed by atoms with Gasteiger partial charge in [-0.3, -0.25) is 4.79 Å². The smallest absolute Gasteiger partial charge is 0.306 e. The van der Waals surface area contributed by atoms with Crippen molar-refractivity contribution in [3.63, 3.8) is 0 Å². The summed E-state index contributed by atoms with van der Waals surface area (Å²) >= 11 is 0. The number of aliphatic hydroxyl groups is 1. The fraction of sp³-hybridized carbons (Fsp3) is 0.611. The van der Waals surface area contributed by atoms with Crippen LogP contribution < -0.4 is 0 Å². The van der Waals surface area contributed by atoms with Gasteiger partial charge in [0.2, 0.25) is 0 Å². The first kappa shape index (κ1) is 16.0. The van der Waals surface area contributed by atoms with E-state index in [0.717, 1.165) is 0 Å². The van der Waals surface area contributed by atoms with Gasteiger partial charge in [0.05, 0.1) is 6.42 Å². The lowest BCUT2D eigenvalue weighted by Crippen LogP contribution is -2.34. The molecular formula is C18H26O3. The predicted octanol–water partition coefficient (Wildman–Crippen LogP) is 4.05. The largest absolute Gasteiger partial charge is 0.481 e. The Morgan fingerprint density at radius 2 is 1.76 bits per heavy atom. The molecule has 1 saturated carbocycles. The summed E-state index contributed by atoms with van der Waals surface area (Å²) in [4.78, 5) is 11.0. The van der Waals surface area contributed by atoms with E-state index in [1.54, 1.807) is 0 Å². The zero-order valence-electron chi connectivity index (χ0n) is 13.0. The molecule has 3 nitrogen and oxygen atoms in total. The fourth-order valence-corrected chi connectivity index (χ4v) is 3.35. The first-order valence-corrected chi connectivity index (χ1v) is 7.98. The molecule has 0 radical (unpaired) electrons. The number of carbonyl (C=O) groups is 1. The zero-order valence-corrected chi connectivity index (χ0v) is 13.0. The lowest BCUT2D eigenvalue weighted by atomic mass is 9.79. The van der Waals surface area contributed by atoms with Gasteiger partial charge in [-0.2, -0.15) is 0 Å². The van der Waals surface area contributed by atoms with Crippen molar-refractivity contribution in [3.05, 3.63) is 35.4 Å². The number of hydrogen-bond acceptors (Lipinski definition) is 2. The molecule has 1 fully saturated rings. The average molecular weight is 290 g/mol. The van der Waals surface area contributed by atoms with Crippen LogP contribution in [0.1, 0.15) is 69.4 Å². The van der Waals surface area contributed by atoms with Crippen LogP contribution in [0.4, 0.5) is 0 Å². The molecule has 1 aromatic rings. The van der Waals surface area contributed by atoms with Crippen molar-refractivity contribution in [2.75, 3.05) is 0 Å². The molecule has 1 unspecified atom stereocenters. The second-order valence-electron chi connectivity index (χ2n) is 6.61. The highest BCUT2D eigenvalue weighted by Crippen LogP contribution is 2.36. The summed E-state index contributed by atoms with van der Waals surface area (Å²) < 4.78 is 0. The number of carboxylic acid groups (broad SMARTS) is 1. The summed E-state index contributed by atoms with van der Waals surface area (Å²) in [6, 6.07) is 7.96. The third-order valence-electron chi connectivity index (χ3n) is 4.86. The molecular weight excluding hydrogens is 264 g/mol. The Balaban J connectivity index is 2.21. The fourth-order valence-electron chi connectivity index (χ4n) is 3.35. The van der Waals surface area contributed by atoms with Crippen molar-refractivity contribution in [1.29, 1.82) is 0 Å². The van der Waals surface area contributed by atoms with Crippen molar-refractivity contribution >= 4 is 5.97 Å². The lowest BCUT2D eigenvalue weighted by molar-refractivity contribution is -0.145. The van der Waals surface area contributed by atoms with Crippen LogP contribution in [0.5, 0.6) is 0 Å². The molecule has 116 valence electrons. The Morgan fingerprint density at radius 1 is 1.19 bits per heavy atom. The van der Waals surface area contributed by atoms with Gasteiger partial charge in [-0.25, -0.2) is 0 Å². The molecule has 3 heteroatoms. The molecule has 1 aromatic carbocycles. The number of rotatable bonds is 5. The van der Waals surface area contributed by atoms with Crippen LogP contribution in [0.25, 0.3) is 0 Å².